The van der Waals surface area contributed by atoms with Gasteiger partial charge in [0.1, 0.15) is 0 Å². The molecule has 0 radical (unpaired) electrons. The second kappa shape index (κ2) is 11.6. The van der Waals surface area contributed by atoms with Crippen molar-refractivity contribution in [2.24, 2.45) is 5.92 Å². The Bertz CT molecular complexity index is 1080. The molecule has 1 heterocycles. The first-order valence-electron chi connectivity index (χ1n) is 11.9. The Kier molecular flexibility index (Phi) is 8.10. The monoisotopic (exact) mass is 456 g/mol. The van der Waals surface area contributed by atoms with Gasteiger partial charge in [-0.1, -0.05) is 72.3 Å². The largest absolute Gasteiger partial charge is 0.372 e. The molecule has 5 heteroatoms. The first-order valence-corrected chi connectivity index (χ1v) is 11.9. The Morgan fingerprint density at radius 2 is 1.53 bits per heavy atom. The lowest BCUT2D eigenvalue weighted by Gasteiger charge is -2.32. The van der Waals surface area contributed by atoms with Crippen LogP contribution < -0.4 is 5.32 Å². The van der Waals surface area contributed by atoms with Crippen molar-refractivity contribution in [1.82, 2.24) is 10.2 Å². The van der Waals surface area contributed by atoms with E-state index in [2.05, 4.69) is 17.4 Å². The summed E-state index contributed by atoms with van der Waals surface area (Å²) in [7, 11) is 0. The predicted molar refractivity (Wildman–Crippen MR) is 133 cm³/mol. The molecule has 1 saturated heterocycles. The van der Waals surface area contributed by atoms with Crippen LogP contribution in [0.15, 0.2) is 78.9 Å². The number of carbonyl (C=O) groups excluding carboxylic acids is 2. The molecule has 3 aromatic carbocycles. The van der Waals surface area contributed by atoms with Crippen molar-refractivity contribution in [3.8, 4) is 0 Å². The zero-order valence-corrected chi connectivity index (χ0v) is 19.7. The van der Waals surface area contributed by atoms with Crippen LogP contribution in [0.3, 0.4) is 0 Å². The highest BCUT2D eigenvalue weighted by atomic mass is 16.5. The summed E-state index contributed by atoms with van der Waals surface area (Å²) in [4.78, 5) is 27.4. The molecule has 2 amide bonds. The molecule has 34 heavy (non-hydrogen) atoms. The van der Waals surface area contributed by atoms with E-state index < -0.39 is 0 Å². The molecule has 0 aliphatic carbocycles. The second-order valence-electron chi connectivity index (χ2n) is 8.97. The molecule has 0 spiro atoms. The van der Waals surface area contributed by atoms with Gasteiger partial charge in [-0.05, 0) is 48.6 Å². The molecule has 1 atom stereocenters. The number of likely N-dealkylation sites (tertiary alicyclic amines) is 1. The van der Waals surface area contributed by atoms with E-state index in [9.17, 15) is 9.59 Å². The van der Waals surface area contributed by atoms with Crippen LogP contribution in [0, 0.1) is 12.8 Å². The Balaban J connectivity index is 1.22. The summed E-state index contributed by atoms with van der Waals surface area (Å²) in [6.07, 6.45) is 1.65. The lowest BCUT2D eigenvalue weighted by Crippen LogP contribution is -2.45. The SMILES string of the molecule is Cc1ccc(C(=O)N2CCCC(C(=O)NCc3ccc(COCc4ccccc4)cc3)C2)cc1. The number of nitrogens with one attached hydrogen (secondary N) is 1. The van der Waals surface area contributed by atoms with Gasteiger partial charge in [-0.3, -0.25) is 9.59 Å². The molecule has 3 aromatic rings. The van der Waals surface area contributed by atoms with E-state index in [1.807, 2.05) is 78.6 Å². The molecule has 0 saturated carbocycles. The molecule has 1 N–H and O–H groups in total. The Hall–Kier alpha value is -3.44. The van der Waals surface area contributed by atoms with Gasteiger partial charge in [0.05, 0.1) is 19.1 Å². The Morgan fingerprint density at radius 3 is 2.24 bits per heavy atom. The maximum absolute atomic E-state index is 12.8. The van der Waals surface area contributed by atoms with Crippen molar-refractivity contribution < 1.29 is 14.3 Å². The van der Waals surface area contributed by atoms with Crippen molar-refractivity contribution >= 4 is 11.8 Å². The molecule has 1 fully saturated rings. The normalized spacial score (nSPS) is 15.7. The van der Waals surface area contributed by atoms with E-state index in [0.717, 1.165) is 35.1 Å². The third-order valence-electron chi connectivity index (χ3n) is 6.25. The zero-order valence-electron chi connectivity index (χ0n) is 19.7. The summed E-state index contributed by atoms with van der Waals surface area (Å²) in [5.74, 6) is -0.159. The molecule has 5 nitrogen and oxygen atoms in total. The summed E-state index contributed by atoms with van der Waals surface area (Å²) >= 11 is 0. The van der Waals surface area contributed by atoms with E-state index in [0.29, 0.717) is 38.4 Å². The fraction of sp³-hybridized carbons (Fsp3) is 0.310. The number of amides is 2. The van der Waals surface area contributed by atoms with Gasteiger partial charge >= 0.3 is 0 Å². The van der Waals surface area contributed by atoms with Gasteiger partial charge in [-0.2, -0.15) is 0 Å². The van der Waals surface area contributed by atoms with Crippen LogP contribution in [-0.2, 0) is 29.3 Å². The number of hydrogen-bond acceptors (Lipinski definition) is 3. The van der Waals surface area contributed by atoms with E-state index in [-0.39, 0.29) is 17.7 Å². The van der Waals surface area contributed by atoms with Crippen molar-refractivity contribution in [2.45, 2.75) is 39.5 Å². The molecular weight excluding hydrogens is 424 g/mol. The molecular formula is C29H32N2O3. The number of aryl methyl sites for hydroxylation is 1. The van der Waals surface area contributed by atoms with Crippen LogP contribution >= 0.6 is 0 Å². The fourth-order valence-electron chi connectivity index (χ4n) is 4.20. The van der Waals surface area contributed by atoms with E-state index in [1.54, 1.807) is 0 Å². The zero-order chi connectivity index (χ0) is 23.8. The van der Waals surface area contributed by atoms with Gasteiger partial charge in [0, 0.05) is 25.2 Å². The van der Waals surface area contributed by atoms with E-state index >= 15 is 0 Å². The van der Waals surface area contributed by atoms with Gasteiger partial charge in [-0.25, -0.2) is 0 Å². The highest BCUT2D eigenvalue weighted by Crippen LogP contribution is 2.19. The minimum absolute atomic E-state index is 0.00238. The quantitative estimate of drug-likeness (QED) is 0.526. The maximum atomic E-state index is 12.8. The number of hydrogen-bond donors (Lipinski definition) is 1. The van der Waals surface area contributed by atoms with Crippen molar-refractivity contribution in [3.05, 3.63) is 107 Å². The number of rotatable bonds is 8. The molecule has 4 rings (SSSR count). The predicted octanol–water partition coefficient (Wildman–Crippen LogP) is 4.88. The van der Waals surface area contributed by atoms with Gasteiger partial charge in [-0.15, -0.1) is 0 Å². The van der Waals surface area contributed by atoms with Crippen LogP contribution in [0.5, 0.6) is 0 Å². The number of benzene rings is 3. The highest BCUT2D eigenvalue weighted by molar-refractivity contribution is 5.94. The van der Waals surface area contributed by atoms with Crippen LogP contribution in [-0.4, -0.2) is 29.8 Å². The van der Waals surface area contributed by atoms with Crippen molar-refractivity contribution in [2.75, 3.05) is 13.1 Å². The number of piperidine rings is 1. The fourth-order valence-corrected chi connectivity index (χ4v) is 4.20. The van der Waals surface area contributed by atoms with Crippen LogP contribution in [0.1, 0.15) is 45.5 Å². The van der Waals surface area contributed by atoms with Gasteiger partial charge < -0.3 is 15.0 Å². The number of ether oxygens (including phenoxy) is 1. The standard InChI is InChI=1S/C29H32N2O3/c1-22-9-15-26(16-10-22)29(33)31-17-5-8-27(19-31)28(32)30-18-23-11-13-25(14-12-23)21-34-20-24-6-3-2-4-7-24/h2-4,6-7,9-16,27H,5,8,17-21H2,1H3,(H,30,32). The third kappa shape index (κ3) is 6.55. The summed E-state index contributed by atoms with van der Waals surface area (Å²) in [6, 6.07) is 25.8. The van der Waals surface area contributed by atoms with Gasteiger partial charge in [0.15, 0.2) is 0 Å². The molecule has 1 aliphatic rings. The van der Waals surface area contributed by atoms with E-state index in [1.165, 1.54) is 0 Å². The van der Waals surface area contributed by atoms with Crippen molar-refractivity contribution in [3.63, 3.8) is 0 Å². The third-order valence-corrected chi connectivity index (χ3v) is 6.25. The molecule has 0 aromatic heterocycles. The smallest absolute Gasteiger partial charge is 0.253 e. The minimum atomic E-state index is -0.172. The van der Waals surface area contributed by atoms with Gasteiger partial charge in [0.25, 0.3) is 5.91 Å². The van der Waals surface area contributed by atoms with E-state index in [4.69, 9.17) is 4.74 Å². The lowest BCUT2D eigenvalue weighted by atomic mass is 9.96. The topological polar surface area (TPSA) is 58.6 Å². The average molecular weight is 457 g/mol. The maximum Gasteiger partial charge on any atom is 0.253 e. The van der Waals surface area contributed by atoms with Crippen LogP contribution in [0.4, 0.5) is 0 Å². The molecule has 1 unspecified atom stereocenters. The molecule has 176 valence electrons. The Morgan fingerprint density at radius 1 is 0.882 bits per heavy atom. The first kappa shape index (κ1) is 23.7. The molecule has 0 bridgehead atoms. The Labute approximate surface area is 201 Å². The summed E-state index contributed by atoms with van der Waals surface area (Å²) in [6.45, 7) is 4.79. The van der Waals surface area contributed by atoms with Gasteiger partial charge in [0.2, 0.25) is 5.91 Å². The highest BCUT2D eigenvalue weighted by Gasteiger charge is 2.28. The van der Waals surface area contributed by atoms with Crippen LogP contribution in [0.25, 0.3) is 0 Å². The van der Waals surface area contributed by atoms with Crippen LogP contribution in [0.2, 0.25) is 0 Å². The number of nitrogens with zero attached hydrogens (tertiary/aromatic N) is 1. The number of carbonyl (C=O) groups is 2. The second-order valence-corrected chi connectivity index (χ2v) is 8.97. The summed E-state index contributed by atoms with van der Waals surface area (Å²) < 4.78 is 5.79. The summed E-state index contributed by atoms with van der Waals surface area (Å²) in [5, 5.41) is 3.05. The summed E-state index contributed by atoms with van der Waals surface area (Å²) in [5.41, 5.74) is 5.11. The van der Waals surface area contributed by atoms with Crippen molar-refractivity contribution in [1.29, 1.82) is 0 Å². The lowest BCUT2D eigenvalue weighted by molar-refractivity contribution is -0.126. The molecule has 1 aliphatic heterocycles. The average Bonchev–Trinajstić information content (AvgIpc) is 2.89. The first-order chi connectivity index (χ1) is 16.6. The minimum Gasteiger partial charge on any atom is -0.372 e.